The fourth-order valence-corrected chi connectivity index (χ4v) is 1.77. The van der Waals surface area contributed by atoms with Gasteiger partial charge in [0.25, 0.3) is 0 Å². The number of rotatable bonds is 4. The van der Waals surface area contributed by atoms with Gasteiger partial charge in [-0.1, -0.05) is 0 Å². The minimum atomic E-state index is -0.304. The van der Waals surface area contributed by atoms with Crippen LogP contribution in [0.15, 0.2) is 0 Å². The van der Waals surface area contributed by atoms with Crippen molar-refractivity contribution in [3.63, 3.8) is 0 Å². The number of amides is 1. The van der Waals surface area contributed by atoms with E-state index in [1.165, 1.54) is 0 Å². The maximum absolute atomic E-state index is 10.9. The van der Waals surface area contributed by atoms with Crippen LogP contribution in [0.2, 0.25) is 0 Å². The summed E-state index contributed by atoms with van der Waals surface area (Å²) in [5.74, 6) is -0.198. The highest BCUT2D eigenvalue weighted by Gasteiger charge is 2.22. The van der Waals surface area contributed by atoms with E-state index in [2.05, 4.69) is 4.90 Å². The summed E-state index contributed by atoms with van der Waals surface area (Å²) < 4.78 is 0. The molecule has 4 nitrogen and oxygen atoms in total. The van der Waals surface area contributed by atoms with E-state index in [0.717, 1.165) is 25.9 Å². The first-order valence-electron chi connectivity index (χ1n) is 4.79. The Morgan fingerprint density at radius 1 is 1.36 bits per heavy atom. The van der Waals surface area contributed by atoms with Crippen LogP contribution in [0.3, 0.4) is 0 Å². The largest absolute Gasteiger partial charge is 0.369 e. The van der Waals surface area contributed by atoms with Crippen molar-refractivity contribution in [2.45, 2.75) is 19.3 Å². The topological polar surface area (TPSA) is 63.4 Å². The van der Waals surface area contributed by atoms with Crippen molar-refractivity contribution in [1.29, 1.82) is 0 Å². The molecule has 0 spiro atoms. The molecule has 0 saturated carbocycles. The van der Waals surface area contributed by atoms with Crippen LogP contribution in [-0.2, 0) is 9.59 Å². The lowest BCUT2D eigenvalue weighted by molar-refractivity contribution is -0.123. The number of piperidine rings is 1. The smallest absolute Gasteiger partial charge is 0.222 e. The van der Waals surface area contributed by atoms with E-state index < -0.39 is 0 Å². The monoisotopic (exact) mass is 218 g/mol. The molecule has 0 aliphatic carbocycles. The highest BCUT2D eigenvalue weighted by Crippen LogP contribution is 2.16. The third kappa shape index (κ3) is 3.64. The molecule has 80 valence electrons. The Balaban J connectivity index is 2.22. The molecule has 1 saturated heterocycles. The second-order valence-corrected chi connectivity index (χ2v) is 4.04. The molecule has 0 bridgehead atoms. The summed E-state index contributed by atoms with van der Waals surface area (Å²) >= 11 is 5.24. The fourth-order valence-electron chi connectivity index (χ4n) is 1.69. The zero-order chi connectivity index (χ0) is 10.6. The van der Waals surface area contributed by atoms with Gasteiger partial charge in [0.15, 0.2) is 0 Å². The number of nitrogens with zero attached hydrogens (tertiary/aromatic N) is 1. The first kappa shape index (κ1) is 11.5. The van der Waals surface area contributed by atoms with Gasteiger partial charge < -0.3 is 10.6 Å². The number of carbonyl (C=O) groups is 2. The molecule has 0 atom stereocenters. The maximum atomic E-state index is 10.9. The Bertz CT molecular complexity index is 225. The summed E-state index contributed by atoms with van der Waals surface area (Å²) in [6.07, 6.45) is 1.97. The summed E-state index contributed by atoms with van der Waals surface area (Å²) in [4.78, 5) is 23.5. The highest BCUT2D eigenvalue weighted by atomic mass is 35.5. The maximum Gasteiger partial charge on any atom is 0.222 e. The molecule has 1 aliphatic rings. The summed E-state index contributed by atoms with van der Waals surface area (Å²) in [7, 11) is 0. The van der Waals surface area contributed by atoms with E-state index in [9.17, 15) is 9.59 Å². The molecule has 1 fully saturated rings. The third-order valence-corrected chi connectivity index (χ3v) is 2.80. The van der Waals surface area contributed by atoms with Crippen molar-refractivity contribution in [3.8, 4) is 0 Å². The predicted octanol–water partition coefficient (Wildman–Crippen LogP) is 0.339. The lowest BCUT2D eigenvalue weighted by Gasteiger charge is -2.29. The standard InChI is InChI=1S/C9H15ClN2O2/c10-8(13)3-6-12-4-1-7(2-5-12)9(11)14/h7H,1-6H2,(H2,11,14). The molecule has 1 heterocycles. The summed E-state index contributed by atoms with van der Waals surface area (Å²) in [5, 5.41) is -0.304. The van der Waals surface area contributed by atoms with E-state index >= 15 is 0 Å². The van der Waals surface area contributed by atoms with Gasteiger partial charge in [0.05, 0.1) is 0 Å². The summed E-state index contributed by atoms with van der Waals surface area (Å²) in [5.41, 5.74) is 5.20. The van der Waals surface area contributed by atoms with Crippen molar-refractivity contribution in [2.75, 3.05) is 19.6 Å². The lowest BCUT2D eigenvalue weighted by Crippen LogP contribution is -2.39. The van der Waals surface area contributed by atoms with Crippen LogP contribution in [0.4, 0.5) is 0 Å². The molecule has 0 aromatic carbocycles. The van der Waals surface area contributed by atoms with Crippen molar-refractivity contribution < 1.29 is 9.59 Å². The Morgan fingerprint density at radius 3 is 2.36 bits per heavy atom. The quantitative estimate of drug-likeness (QED) is 0.693. The molecule has 1 rings (SSSR count). The van der Waals surface area contributed by atoms with Crippen LogP contribution < -0.4 is 5.73 Å². The van der Waals surface area contributed by atoms with E-state index in [0.29, 0.717) is 13.0 Å². The molecule has 1 amide bonds. The van der Waals surface area contributed by atoms with Gasteiger partial charge in [-0.3, -0.25) is 9.59 Å². The predicted molar refractivity (Wildman–Crippen MR) is 53.8 cm³/mol. The average Bonchev–Trinajstić information content (AvgIpc) is 2.15. The SMILES string of the molecule is NC(=O)C1CCN(CCC(=O)Cl)CC1. The van der Waals surface area contributed by atoms with Crippen LogP contribution in [0, 0.1) is 5.92 Å². The molecular formula is C9H15ClN2O2. The van der Waals surface area contributed by atoms with Crippen LogP contribution in [-0.4, -0.2) is 35.7 Å². The Hall–Kier alpha value is -0.610. The number of hydrogen-bond donors (Lipinski definition) is 1. The van der Waals surface area contributed by atoms with Crippen molar-refractivity contribution in [2.24, 2.45) is 11.7 Å². The van der Waals surface area contributed by atoms with Gasteiger partial charge in [-0.25, -0.2) is 0 Å². The number of likely N-dealkylation sites (tertiary alicyclic amines) is 1. The molecule has 5 heteroatoms. The molecule has 0 aromatic heterocycles. The third-order valence-electron chi connectivity index (χ3n) is 2.61. The number of carbonyl (C=O) groups excluding carboxylic acids is 2. The Labute approximate surface area is 88.4 Å². The molecule has 0 unspecified atom stereocenters. The second-order valence-electron chi connectivity index (χ2n) is 3.62. The second kappa shape index (κ2) is 5.32. The number of nitrogens with two attached hydrogens (primary N) is 1. The minimum Gasteiger partial charge on any atom is -0.369 e. The van der Waals surface area contributed by atoms with Crippen LogP contribution >= 0.6 is 11.6 Å². The van der Waals surface area contributed by atoms with Gasteiger partial charge in [0.1, 0.15) is 0 Å². The lowest BCUT2D eigenvalue weighted by atomic mass is 9.96. The van der Waals surface area contributed by atoms with E-state index in [4.69, 9.17) is 17.3 Å². The number of primary amides is 1. The van der Waals surface area contributed by atoms with Gasteiger partial charge in [0, 0.05) is 18.9 Å². The van der Waals surface area contributed by atoms with E-state index in [1.54, 1.807) is 0 Å². The zero-order valence-corrected chi connectivity index (χ0v) is 8.79. The van der Waals surface area contributed by atoms with E-state index in [1.807, 2.05) is 0 Å². The van der Waals surface area contributed by atoms with Crippen molar-refractivity contribution in [1.82, 2.24) is 4.90 Å². The van der Waals surface area contributed by atoms with Crippen LogP contribution in [0.1, 0.15) is 19.3 Å². The van der Waals surface area contributed by atoms with Crippen molar-refractivity contribution in [3.05, 3.63) is 0 Å². The molecular weight excluding hydrogens is 204 g/mol. The van der Waals surface area contributed by atoms with E-state index in [-0.39, 0.29) is 17.1 Å². The normalized spacial score (nSPS) is 19.5. The van der Waals surface area contributed by atoms with Crippen LogP contribution in [0.5, 0.6) is 0 Å². The van der Waals surface area contributed by atoms with Gasteiger partial charge >= 0.3 is 0 Å². The van der Waals surface area contributed by atoms with Gasteiger partial charge in [-0.15, -0.1) is 0 Å². The van der Waals surface area contributed by atoms with Crippen LogP contribution in [0.25, 0.3) is 0 Å². The highest BCUT2D eigenvalue weighted by molar-refractivity contribution is 6.63. The fraction of sp³-hybridized carbons (Fsp3) is 0.778. The minimum absolute atomic E-state index is 0.0120. The van der Waals surface area contributed by atoms with Gasteiger partial charge in [-0.2, -0.15) is 0 Å². The van der Waals surface area contributed by atoms with Gasteiger partial charge in [0.2, 0.25) is 11.1 Å². The average molecular weight is 219 g/mol. The molecule has 14 heavy (non-hydrogen) atoms. The molecule has 1 aliphatic heterocycles. The summed E-state index contributed by atoms with van der Waals surface area (Å²) in [6.45, 7) is 2.35. The first-order valence-corrected chi connectivity index (χ1v) is 5.17. The first-order chi connectivity index (χ1) is 6.59. The van der Waals surface area contributed by atoms with Crippen molar-refractivity contribution >= 4 is 22.8 Å². The molecule has 0 aromatic rings. The zero-order valence-electron chi connectivity index (χ0n) is 8.04. The number of halogens is 1. The Morgan fingerprint density at radius 2 is 1.93 bits per heavy atom. The molecule has 0 radical (unpaired) electrons. The Kier molecular flexibility index (Phi) is 4.35. The number of hydrogen-bond acceptors (Lipinski definition) is 3. The van der Waals surface area contributed by atoms with Gasteiger partial charge in [-0.05, 0) is 37.5 Å². The summed E-state index contributed by atoms with van der Waals surface area (Å²) in [6, 6.07) is 0. The molecule has 2 N–H and O–H groups in total.